The van der Waals surface area contributed by atoms with E-state index < -0.39 is 0 Å². The molecule has 0 saturated carbocycles. The van der Waals surface area contributed by atoms with Crippen LogP contribution in [0.2, 0.25) is 0 Å². The Morgan fingerprint density at radius 3 is 0.792 bits per heavy atom. The van der Waals surface area contributed by atoms with E-state index in [2.05, 4.69) is 18.6 Å². The first-order valence-corrected chi connectivity index (χ1v) is 5.71. The average Bonchev–Trinajstić information content (AvgIpc) is 2.28. The van der Waals surface area contributed by atoms with Gasteiger partial charge in [-0.2, -0.15) is 0 Å². The molecule has 0 aliphatic carbocycles. The molecule has 0 N–H and O–H groups in total. The molecule has 0 fully saturated rings. The lowest BCUT2D eigenvalue weighted by molar-refractivity contribution is 0.194. The lowest BCUT2D eigenvalue weighted by atomic mass is 10.4. The molecule has 3 nitrogen and oxygen atoms in total. The van der Waals surface area contributed by atoms with Crippen LogP contribution in [0.3, 0.4) is 0 Å². The summed E-state index contributed by atoms with van der Waals surface area (Å²) in [6.07, 6.45) is 3.54. The molecule has 0 unspecified atom stereocenters. The second kappa shape index (κ2) is 139. The van der Waals surface area contributed by atoms with E-state index >= 15 is 0 Å². The maximum absolute atomic E-state index is 4.78. The van der Waals surface area contributed by atoms with Crippen LogP contribution in [0.1, 0.15) is 107 Å². The summed E-state index contributed by atoms with van der Waals surface area (Å²) in [6.45, 7) is 8.82. The van der Waals surface area contributed by atoms with Crippen molar-refractivity contribution in [3.05, 3.63) is 0 Å². The molecule has 0 saturated heterocycles. The molecule has 0 aromatic rings. The van der Waals surface area contributed by atoms with Crippen molar-refractivity contribution >= 4 is 0 Å². The Kier molecular flexibility index (Phi) is 513. The zero-order valence-electron chi connectivity index (χ0n) is 11.5. The van der Waals surface area contributed by atoms with Crippen LogP contribution < -0.4 is 0 Å². The molecule has 0 atom stereocenters. The van der Waals surface area contributed by atoms with Crippen LogP contribution in [0.4, 0.5) is 0 Å². The minimum Gasteiger partial charge on any atom is -0.385 e. The van der Waals surface area contributed by atoms with E-state index in [1.54, 1.807) is 21.3 Å². The van der Waals surface area contributed by atoms with Crippen LogP contribution in [0, 0.1) is 0 Å². The van der Waals surface area contributed by atoms with Crippen molar-refractivity contribution < 1.29 is 14.2 Å². The Labute approximate surface area is 162 Å². The van der Waals surface area contributed by atoms with Gasteiger partial charge in [-0.15, -0.1) is 0 Å². The van der Waals surface area contributed by atoms with Crippen LogP contribution in [-0.2, 0) is 14.2 Å². The first-order chi connectivity index (χ1) is 7.24. The predicted molar refractivity (Wildman–Crippen MR) is 127 cm³/mol. The number of unbranched alkanes of at least 4 members (excludes halogenated alkanes) is 1. The van der Waals surface area contributed by atoms with Gasteiger partial charge in [0.05, 0.1) is 0 Å². The monoisotopic (exact) mass is 367 g/mol. The molecule has 0 spiro atoms. The Hall–Kier alpha value is -0.120. The molecule has 0 amide bonds. The quantitative estimate of drug-likeness (QED) is 0.439. The normalized spacial score (nSPS) is 5.25. The zero-order valence-corrected chi connectivity index (χ0v) is 11.5. The highest BCUT2D eigenvalue weighted by molar-refractivity contribution is 4.26. The van der Waals surface area contributed by atoms with E-state index in [4.69, 9.17) is 9.47 Å². The van der Waals surface area contributed by atoms with Gasteiger partial charge in [-0.1, -0.05) is 87.1 Å². The Bertz CT molecular complexity index is 62.1. The number of hydrogen-bond acceptors (Lipinski definition) is 3. The second-order valence-electron chi connectivity index (χ2n) is 2.92. The van der Waals surface area contributed by atoms with Gasteiger partial charge in [-0.05, 0) is 19.8 Å². The maximum Gasteiger partial charge on any atom is 0.0462 e. The molecule has 0 aliphatic heterocycles. The summed E-state index contributed by atoms with van der Waals surface area (Å²) in [5.41, 5.74) is 0. The summed E-state index contributed by atoms with van der Waals surface area (Å²) < 4.78 is 14.0. The van der Waals surface area contributed by atoms with Crippen LogP contribution in [0.15, 0.2) is 0 Å². The smallest absolute Gasteiger partial charge is 0.0462 e. The average molecular weight is 367 g/mol. The van der Waals surface area contributed by atoms with Gasteiger partial charge in [0.1, 0.15) is 0 Å². The van der Waals surface area contributed by atoms with Crippen molar-refractivity contribution in [2.45, 2.75) is 107 Å². The largest absolute Gasteiger partial charge is 0.385 e. The van der Waals surface area contributed by atoms with Crippen molar-refractivity contribution in [1.82, 2.24) is 0 Å². The van der Waals surface area contributed by atoms with Gasteiger partial charge < -0.3 is 14.2 Å². The highest BCUT2D eigenvalue weighted by atomic mass is 16.5. The number of ether oxygens (including phenoxy) is 3. The van der Waals surface area contributed by atoms with E-state index in [-0.39, 0.29) is 66.8 Å². The SMILES string of the molecule is C.C.C.C.C.C.C.C.C.CCCCOC.CCCOC.CCOC. The lowest BCUT2D eigenvalue weighted by Crippen LogP contribution is -1.84. The van der Waals surface area contributed by atoms with Gasteiger partial charge in [0, 0.05) is 41.2 Å². The first-order valence-electron chi connectivity index (χ1n) is 5.71. The van der Waals surface area contributed by atoms with Gasteiger partial charge in [0.15, 0.2) is 0 Å². The molecule has 0 heterocycles. The van der Waals surface area contributed by atoms with E-state index in [1.807, 2.05) is 6.92 Å². The standard InChI is InChI=1S/C5H12O.C4H10O.C3H8O.9CH4/c1-3-4-5-6-2;1-3-4-5-2;1-3-4-2;;;;;;;;;/h3-5H2,1-2H3;3-4H2,1-2H3;3H2,1-2H3;9*1H4. The summed E-state index contributed by atoms with van der Waals surface area (Å²) in [7, 11) is 5.12. The van der Waals surface area contributed by atoms with Crippen molar-refractivity contribution in [3.8, 4) is 0 Å². The van der Waals surface area contributed by atoms with Crippen molar-refractivity contribution in [2.24, 2.45) is 0 Å². The van der Waals surface area contributed by atoms with Crippen molar-refractivity contribution in [3.63, 3.8) is 0 Å². The second-order valence-corrected chi connectivity index (χ2v) is 2.92. The molecule has 3 heteroatoms. The molecule has 0 radical (unpaired) electrons. The molecule has 0 bridgehead atoms. The molecule has 0 aromatic heterocycles. The predicted octanol–water partition coefficient (Wildman–Crippen LogP) is 8.85. The van der Waals surface area contributed by atoms with Crippen molar-refractivity contribution in [2.75, 3.05) is 41.2 Å². The van der Waals surface area contributed by atoms with E-state index in [0.717, 1.165) is 26.2 Å². The maximum atomic E-state index is 4.78. The van der Waals surface area contributed by atoms with Gasteiger partial charge in [0.2, 0.25) is 0 Å². The van der Waals surface area contributed by atoms with Gasteiger partial charge in [-0.3, -0.25) is 0 Å². The summed E-state index contributed by atoms with van der Waals surface area (Å²) >= 11 is 0. The zero-order chi connectivity index (χ0) is 12.4. The number of hydrogen-bond donors (Lipinski definition) is 0. The van der Waals surface area contributed by atoms with Crippen LogP contribution in [-0.4, -0.2) is 41.2 Å². The van der Waals surface area contributed by atoms with E-state index in [9.17, 15) is 0 Å². The molecule has 168 valence electrons. The summed E-state index contributed by atoms with van der Waals surface area (Å²) in [4.78, 5) is 0. The lowest BCUT2D eigenvalue weighted by Gasteiger charge is -1.89. The fourth-order valence-electron chi connectivity index (χ4n) is 0.493. The minimum atomic E-state index is 0. The Balaban J connectivity index is -0.00000000766. The third-order valence-electron chi connectivity index (χ3n) is 1.40. The van der Waals surface area contributed by atoms with Crippen LogP contribution in [0.25, 0.3) is 0 Å². The highest BCUT2D eigenvalue weighted by Crippen LogP contribution is 1.83. The van der Waals surface area contributed by atoms with E-state index in [0.29, 0.717) is 0 Å². The molecular formula is C21H66O3. The fraction of sp³-hybridized carbons (Fsp3) is 1.00. The molecular weight excluding hydrogens is 300 g/mol. The first kappa shape index (κ1) is 88.6. The molecule has 24 heavy (non-hydrogen) atoms. The van der Waals surface area contributed by atoms with Crippen LogP contribution in [0.5, 0.6) is 0 Å². The van der Waals surface area contributed by atoms with Gasteiger partial charge >= 0.3 is 0 Å². The number of rotatable bonds is 6. The molecule has 0 aliphatic rings. The minimum absolute atomic E-state index is 0. The van der Waals surface area contributed by atoms with Gasteiger partial charge in [0.25, 0.3) is 0 Å². The highest BCUT2D eigenvalue weighted by Gasteiger charge is 1.74. The van der Waals surface area contributed by atoms with Crippen LogP contribution >= 0.6 is 0 Å². The fourth-order valence-corrected chi connectivity index (χ4v) is 0.493. The van der Waals surface area contributed by atoms with Gasteiger partial charge in [-0.25, -0.2) is 0 Å². The molecule has 0 rings (SSSR count). The third-order valence-corrected chi connectivity index (χ3v) is 1.40. The summed E-state index contributed by atoms with van der Waals surface area (Å²) in [5.74, 6) is 0. The Morgan fingerprint density at radius 1 is 0.458 bits per heavy atom. The molecule has 0 aromatic carbocycles. The summed E-state index contributed by atoms with van der Waals surface area (Å²) in [5, 5.41) is 0. The Morgan fingerprint density at radius 2 is 0.750 bits per heavy atom. The van der Waals surface area contributed by atoms with Crippen molar-refractivity contribution in [1.29, 1.82) is 0 Å². The number of methoxy groups -OCH3 is 3. The third kappa shape index (κ3) is 276. The summed E-state index contributed by atoms with van der Waals surface area (Å²) in [6, 6.07) is 0. The van der Waals surface area contributed by atoms with E-state index in [1.165, 1.54) is 12.8 Å². The topological polar surface area (TPSA) is 27.7 Å².